The summed E-state index contributed by atoms with van der Waals surface area (Å²) < 4.78 is 33.8. The first-order valence-electron chi connectivity index (χ1n) is 6.65. The van der Waals surface area contributed by atoms with Gasteiger partial charge >= 0.3 is 6.61 Å². The van der Waals surface area contributed by atoms with Crippen molar-refractivity contribution in [1.29, 1.82) is 0 Å². The molecule has 0 aliphatic carbocycles. The van der Waals surface area contributed by atoms with E-state index in [-0.39, 0.29) is 29.5 Å². The van der Waals surface area contributed by atoms with E-state index in [0.717, 1.165) is 5.56 Å². The van der Waals surface area contributed by atoms with Gasteiger partial charge in [0.05, 0.1) is 7.11 Å². The summed E-state index contributed by atoms with van der Waals surface area (Å²) in [6.45, 7) is -2.72. The second kappa shape index (κ2) is 7.78. The summed E-state index contributed by atoms with van der Waals surface area (Å²) >= 11 is 6.01. The van der Waals surface area contributed by atoms with Crippen LogP contribution in [0.2, 0.25) is 5.02 Å². The van der Waals surface area contributed by atoms with E-state index in [1.54, 1.807) is 18.2 Å². The topological polar surface area (TPSA) is 47.6 Å². The first-order valence-corrected chi connectivity index (χ1v) is 7.03. The normalized spacial score (nSPS) is 10.5. The fourth-order valence-corrected chi connectivity index (χ4v) is 2.12. The van der Waals surface area contributed by atoms with Crippen LogP contribution in [0.15, 0.2) is 42.5 Å². The number of nitrogens with one attached hydrogen (secondary N) is 1. The molecule has 2 rings (SSSR count). The van der Waals surface area contributed by atoms with Crippen LogP contribution in [0.1, 0.15) is 15.9 Å². The SMILES string of the molecule is COc1cc(C(=O)NCc2ccccc2Cl)ccc1OC(F)F. The minimum Gasteiger partial charge on any atom is -0.493 e. The number of benzene rings is 2. The molecule has 0 aliphatic heterocycles. The summed E-state index contributed by atoms with van der Waals surface area (Å²) in [6.07, 6.45) is 0. The fourth-order valence-electron chi connectivity index (χ4n) is 1.92. The van der Waals surface area contributed by atoms with Crippen LogP contribution in [0.5, 0.6) is 11.5 Å². The molecule has 0 spiro atoms. The lowest BCUT2D eigenvalue weighted by atomic mass is 10.1. The van der Waals surface area contributed by atoms with Crippen molar-refractivity contribution in [2.75, 3.05) is 7.11 Å². The average Bonchev–Trinajstić information content (AvgIpc) is 2.53. The number of methoxy groups -OCH3 is 1. The van der Waals surface area contributed by atoms with Gasteiger partial charge in [-0.3, -0.25) is 4.79 Å². The molecule has 0 saturated heterocycles. The number of halogens is 3. The van der Waals surface area contributed by atoms with Crippen LogP contribution >= 0.6 is 11.6 Å². The second-order valence-corrected chi connectivity index (χ2v) is 4.93. The van der Waals surface area contributed by atoms with E-state index in [0.29, 0.717) is 5.02 Å². The zero-order chi connectivity index (χ0) is 16.8. The van der Waals surface area contributed by atoms with Gasteiger partial charge in [0, 0.05) is 17.1 Å². The quantitative estimate of drug-likeness (QED) is 0.867. The van der Waals surface area contributed by atoms with Crippen molar-refractivity contribution in [3.05, 3.63) is 58.6 Å². The van der Waals surface area contributed by atoms with Crippen molar-refractivity contribution in [3.63, 3.8) is 0 Å². The Balaban J connectivity index is 2.09. The molecule has 0 radical (unpaired) electrons. The lowest BCUT2D eigenvalue weighted by Crippen LogP contribution is -2.23. The molecule has 0 aliphatic rings. The van der Waals surface area contributed by atoms with Crippen molar-refractivity contribution in [2.24, 2.45) is 0 Å². The summed E-state index contributed by atoms with van der Waals surface area (Å²) in [5, 5.41) is 3.25. The lowest BCUT2D eigenvalue weighted by molar-refractivity contribution is -0.0512. The van der Waals surface area contributed by atoms with Crippen LogP contribution < -0.4 is 14.8 Å². The van der Waals surface area contributed by atoms with Crippen LogP contribution in [0.3, 0.4) is 0 Å². The van der Waals surface area contributed by atoms with E-state index in [1.165, 1.54) is 25.3 Å². The Morgan fingerprint density at radius 1 is 1.22 bits per heavy atom. The summed E-state index contributed by atoms with van der Waals surface area (Å²) in [7, 11) is 1.30. The number of hydrogen-bond acceptors (Lipinski definition) is 3. The first kappa shape index (κ1) is 17.0. The number of rotatable bonds is 6. The molecule has 23 heavy (non-hydrogen) atoms. The predicted octanol–water partition coefficient (Wildman–Crippen LogP) is 3.88. The first-order chi connectivity index (χ1) is 11.0. The molecule has 7 heteroatoms. The van der Waals surface area contributed by atoms with Crippen molar-refractivity contribution in [2.45, 2.75) is 13.2 Å². The molecule has 1 amide bonds. The molecule has 0 bridgehead atoms. The number of amides is 1. The molecular formula is C16H14ClF2NO3. The Morgan fingerprint density at radius 2 is 1.96 bits per heavy atom. The maximum absolute atomic E-state index is 12.3. The highest BCUT2D eigenvalue weighted by atomic mass is 35.5. The smallest absolute Gasteiger partial charge is 0.387 e. The third kappa shape index (κ3) is 4.56. The van der Waals surface area contributed by atoms with E-state index < -0.39 is 6.61 Å². The lowest BCUT2D eigenvalue weighted by Gasteiger charge is -2.12. The molecule has 0 aromatic heterocycles. The average molecular weight is 342 g/mol. The van der Waals surface area contributed by atoms with Gasteiger partial charge in [-0.2, -0.15) is 8.78 Å². The number of carbonyl (C=O) groups is 1. The molecule has 0 unspecified atom stereocenters. The van der Waals surface area contributed by atoms with Gasteiger partial charge < -0.3 is 14.8 Å². The largest absolute Gasteiger partial charge is 0.493 e. The van der Waals surface area contributed by atoms with E-state index in [9.17, 15) is 13.6 Å². The maximum atomic E-state index is 12.3. The molecule has 2 aromatic carbocycles. The number of hydrogen-bond donors (Lipinski definition) is 1. The van der Waals surface area contributed by atoms with Crippen LogP contribution in [0, 0.1) is 0 Å². The highest BCUT2D eigenvalue weighted by Crippen LogP contribution is 2.29. The van der Waals surface area contributed by atoms with Gasteiger partial charge in [-0.15, -0.1) is 0 Å². The van der Waals surface area contributed by atoms with Crippen LogP contribution in [-0.4, -0.2) is 19.6 Å². The van der Waals surface area contributed by atoms with Crippen LogP contribution in [0.4, 0.5) is 8.78 Å². The third-order valence-corrected chi connectivity index (χ3v) is 3.41. The zero-order valence-corrected chi connectivity index (χ0v) is 12.9. The molecule has 2 aromatic rings. The van der Waals surface area contributed by atoms with Crippen molar-refractivity contribution in [3.8, 4) is 11.5 Å². The molecule has 0 saturated carbocycles. The van der Waals surface area contributed by atoms with Gasteiger partial charge in [0.1, 0.15) is 0 Å². The Kier molecular flexibility index (Phi) is 5.76. The Morgan fingerprint density at radius 3 is 2.61 bits per heavy atom. The number of carbonyl (C=O) groups excluding carboxylic acids is 1. The van der Waals surface area contributed by atoms with E-state index in [4.69, 9.17) is 16.3 Å². The van der Waals surface area contributed by atoms with Gasteiger partial charge in [0.2, 0.25) is 0 Å². The van der Waals surface area contributed by atoms with Gasteiger partial charge in [-0.25, -0.2) is 0 Å². The summed E-state index contributed by atoms with van der Waals surface area (Å²) in [5.74, 6) is -0.465. The van der Waals surface area contributed by atoms with Gasteiger partial charge in [-0.05, 0) is 29.8 Å². The summed E-state index contributed by atoms with van der Waals surface area (Å²) in [4.78, 5) is 12.1. The van der Waals surface area contributed by atoms with Crippen LogP contribution in [-0.2, 0) is 6.54 Å². The molecule has 0 heterocycles. The van der Waals surface area contributed by atoms with Crippen LogP contribution in [0.25, 0.3) is 0 Å². The Labute approximate surface area is 137 Å². The fraction of sp³-hybridized carbons (Fsp3) is 0.188. The number of ether oxygens (including phenoxy) is 2. The van der Waals surface area contributed by atoms with E-state index in [2.05, 4.69) is 10.1 Å². The Bertz CT molecular complexity index is 695. The van der Waals surface area contributed by atoms with Gasteiger partial charge in [0.15, 0.2) is 11.5 Å². The molecule has 0 fully saturated rings. The van der Waals surface area contributed by atoms with Gasteiger partial charge in [-0.1, -0.05) is 29.8 Å². The van der Waals surface area contributed by atoms with Crippen molar-refractivity contribution < 1.29 is 23.0 Å². The standard InChI is InChI=1S/C16H14ClF2NO3/c1-22-14-8-10(6-7-13(14)23-16(18)19)15(21)20-9-11-4-2-3-5-12(11)17/h2-8,16H,9H2,1H3,(H,20,21). The second-order valence-electron chi connectivity index (χ2n) is 4.52. The summed E-state index contributed by atoms with van der Waals surface area (Å²) in [5.41, 5.74) is 1.03. The zero-order valence-electron chi connectivity index (χ0n) is 12.2. The minimum absolute atomic E-state index is 0.0516. The molecule has 0 atom stereocenters. The third-order valence-electron chi connectivity index (χ3n) is 3.04. The van der Waals surface area contributed by atoms with Crippen molar-refractivity contribution in [1.82, 2.24) is 5.32 Å². The predicted molar refractivity (Wildman–Crippen MR) is 82.2 cm³/mol. The molecular weight excluding hydrogens is 328 g/mol. The Hall–Kier alpha value is -2.34. The molecule has 4 nitrogen and oxygen atoms in total. The highest BCUT2D eigenvalue weighted by Gasteiger charge is 2.14. The number of alkyl halides is 2. The maximum Gasteiger partial charge on any atom is 0.387 e. The van der Waals surface area contributed by atoms with Gasteiger partial charge in [0.25, 0.3) is 5.91 Å². The highest BCUT2D eigenvalue weighted by molar-refractivity contribution is 6.31. The molecule has 1 N–H and O–H groups in total. The minimum atomic E-state index is -2.97. The van der Waals surface area contributed by atoms with E-state index >= 15 is 0 Å². The van der Waals surface area contributed by atoms with E-state index in [1.807, 2.05) is 6.07 Å². The van der Waals surface area contributed by atoms with Crippen molar-refractivity contribution >= 4 is 17.5 Å². The monoisotopic (exact) mass is 341 g/mol. The molecule has 122 valence electrons. The summed E-state index contributed by atoms with van der Waals surface area (Å²) in [6, 6.07) is 11.1.